The molecule has 1 aliphatic heterocycles. The molecule has 2 aromatic carbocycles. The first-order valence-corrected chi connectivity index (χ1v) is 11.4. The highest BCUT2D eigenvalue weighted by molar-refractivity contribution is 7.14. The van der Waals surface area contributed by atoms with Crippen LogP contribution < -0.4 is 10.2 Å². The van der Waals surface area contributed by atoms with Crippen LogP contribution in [0.3, 0.4) is 0 Å². The number of thiazole rings is 1. The highest BCUT2D eigenvalue weighted by Gasteiger charge is 2.18. The second-order valence-corrected chi connectivity index (χ2v) is 8.89. The molecule has 0 unspecified atom stereocenters. The molecular formula is C22H22Cl2N4OS. The van der Waals surface area contributed by atoms with E-state index < -0.39 is 0 Å². The fourth-order valence-electron chi connectivity index (χ4n) is 3.37. The average molecular weight is 461 g/mol. The maximum absolute atomic E-state index is 12.6. The lowest BCUT2D eigenvalue weighted by Gasteiger charge is -2.27. The minimum Gasteiger partial charge on any atom is -0.347 e. The highest BCUT2D eigenvalue weighted by atomic mass is 35.5. The topological polar surface area (TPSA) is 48.5 Å². The van der Waals surface area contributed by atoms with E-state index in [1.165, 1.54) is 0 Å². The average Bonchev–Trinajstić information content (AvgIpc) is 3.27. The van der Waals surface area contributed by atoms with Crippen molar-refractivity contribution >= 4 is 45.6 Å². The van der Waals surface area contributed by atoms with Gasteiger partial charge in [-0.1, -0.05) is 41.4 Å². The number of carbonyl (C=O) groups is 1. The molecule has 1 aliphatic rings. The van der Waals surface area contributed by atoms with Crippen molar-refractivity contribution in [2.75, 3.05) is 38.1 Å². The Morgan fingerprint density at radius 1 is 1.13 bits per heavy atom. The van der Waals surface area contributed by atoms with Crippen LogP contribution in [0.2, 0.25) is 10.0 Å². The summed E-state index contributed by atoms with van der Waals surface area (Å²) in [7, 11) is 2.01. The number of piperazine rings is 1. The number of aromatic nitrogens is 1. The Bertz CT molecular complexity index is 1030. The summed E-state index contributed by atoms with van der Waals surface area (Å²) >= 11 is 13.7. The summed E-state index contributed by atoms with van der Waals surface area (Å²) in [4.78, 5) is 21.3. The van der Waals surface area contributed by atoms with Crippen LogP contribution in [0, 0.1) is 0 Å². The van der Waals surface area contributed by atoms with E-state index in [9.17, 15) is 4.79 Å². The van der Waals surface area contributed by atoms with Crippen molar-refractivity contribution < 1.29 is 4.79 Å². The van der Waals surface area contributed by atoms with Gasteiger partial charge in [-0.3, -0.25) is 4.79 Å². The number of nitrogens with zero attached hydrogens (tertiary/aromatic N) is 3. The lowest BCUT2D eigenvalue weighted by atomic mass is 10.1. The zero-order valence-electron chi connectivity index (χ0n) is 16.6. The van der Waals surface area contributed by atoms with E-state index in [2.05, 4.69) is 10.2 Å². The molecule has 1 saturated heterocycles. The molecule has 1 N–H and O–H groups in total. The van der Waals surface area contributed by atoms with Crippen molar-refractivity contribution in [2.24, 2.45) is 0 Å². The number of amides is 1. The van der Waals surface area contributed by atoms with Crippen molar-refractivity contribution in [1.82, 2.24) is 15.2 Å². The number of rotatable bonds is 5. The fourth-order valence-corrected chi connectivity index (χ4v) is 4.47. The number of hydrogen-bond donors (Lipinski definition) is 1. The van der Waals surface area contributed by atoms with Crippen molar-refractivity contribution in [1.29, 1.82) is 0 Å². The summed E-state index contributed by atoms with van der Waals surface area (Å²) in [5.41, 5.74) is 3.67. The van der Waals surface area contributed by atoms with Gasteiger partial charge in [-0.2, -0.15) is 0 Å². The smallest absolute Gasteiger partial charge is 0.253 e. The first kappa shape index (κ1) is 21.1. The predicted molar refractivity (Wildman–Crippen MR) is 125 cm³/mol. The third-order valence-electron chi connectivity index (χ3n) is 5.06. The molecule has 5 nitrogen and oxygen atoms in total. The summed E-state index contributed by atoms with van der Waals surface area (Å²) in [6.07, 6.45) is 0. The number of anilines is 1. The SMILES string of the molecule is CN(Cc1ccc(C(=O)N2CCNCC2)cc1)c1nc(-c2ccc(Cl)c(Cl)c2)cs1. The predicted octanol–water partition coefficient (Wildman–Crippen LogP) is 4.80. The first-order chi connectivity index (χ1) is 14.5. The van der Waals surface area contributed by atoms with E-state index in [1.54, 1.807) is 17.4 Å². The van der Waals surface area contributed by atoms with Gasteiger partial charge in [0.2, 0.25) is 0 Å². The van der Waals surface area contributed by atoms with Crippen LogP contribution in [-0.4, -0.2) is 49.0 Å². The number of halogens is 2. The summed E-state index contributed by atoms with van der Waals surface area (Å²) in [6, 6.07) is 13.4. The molecule has 3 aromatic rings. The van der Waals surface area contributed by atoms with Gasteiger partial charge in [0.05, 0.1) is 15.7 Å². The van der Waals surface area contributed by atoms with Gasteiger partial charge in [0.15, 0.2) is 5.13 Å². The lowest BCUT2D eigenvalue weighted by molar-refractivity contribution is 0.0736. The summed E-state index contributed by atoms with van der Waals surface area (Å²) < 4.78 is 0. The quantitative estimate of drug-likeness (QED) is 0.593. The van der Waals surface area contributed by atoms with E-state index in [1.807, 2.05) is 53.7 Å². The Kier molecular flexibility index (Phi) is 6.58. The zero-order chi connectivity index (χ0) is 21.1. The molecule has 156 valence electrons. The minimum absolute atomic E-state index is 0.0996. The Labute approximate surface area is 190 Å². The molecule has 2 heterocycles. The van der Waals surface area contributed by atoms with Crippen LogP contribution in [-0.2, 0) is 6.54 Å². The van der Waals surface area contributed by atoms with Gasteiger partial charge < -0.3 is 15.1 Å². The van der Waals surface area contributed by atoms with E-state index in [4.69, 9.17) is 28.2 Å². The zero-order valence-corrected chi connectivity index (χ0v) is 18.9. The van der Waals surface area contributed by atoms with Gasteiger partial charge in [-0.15, -0.1) is 11.3 Å². The molecule has 0 bridgehead atoms. The number of carbonyl (C=O) groups excluding carboxylic acids is 1. The molecule has 8 heteroatoms. The van der Waals surface area contributed by atoms with E-state index in [-0.39, 0.29) is 5.91 Å². The Balaban J connectivity index is 1.41. The molecule has 0 spiro atoms. The Morgan fingerprint density at radius 3 is 2.57 bits per heavy atom. The van der Waals surface area contributed by atoms with Crippen molar-refractivity contribution in [3.05, 3.63) is 69.0 Å². The molecule has 0 aliphatic carbocycles. The Morgan fingerprint density at radius 2 is 1.87 bits per heavy atom. The monoisotopic (exact) mass is 460 g/mol. The maximum atomic E-state index is 12.6. The molecule has 1 aromatic heterocycles. The van der Waals surface area contributed by atoms with E-state index in [0.29, 0.717) is 16.6 Å². The standard InChI is InChI=1S/C22H22Cl2N4OS/c1-27(22-26-20(14-30-22)17-6-7-18(23)19(24)12-17)13-15-2-4-16(5-3-15)21(29)28-10-8-25-9-11-28/h2-7,12,14,25H,8-11,13H2,1H3. The molecule has 1 fully saturated rings. The van der Waals surface area contributed by atoms with Crippen LogP contribution in [0.15, 0.2) is 47.8 Å². The number of hydrogen-bond acceptors (Lipinski definition) is 5. The molecule has 0 saturated carbocycles. The van der Waals surface area contributed by atoms with Crippen LogP contribution in [0.5, 0.6) is 0 Å². The normalized spacial score (nSPS) is 14.0. The van der Waals surface area contributed by atoms with Crippen LogP contribution in [0.25, 0.3) is 11.3 Å². The van der Waals surface area contributed by atoms with Gasteiger partial charge >= 0.3 is 0 Å². The second kappa shape index (κ2) is 9.35. The minimum atomic E-state index is 0.0996. The van der Waals surface area contributed by atoms with E-state index in [0.717, 1.165) is 53.7 Å². The highest BCUT2D eigenvalue weighted by Crippen LogP contribution is 2.31. The number of nitrogens with one attached hydrogen (secondary N) is 1. The van der Waals surface area contributed by atoms with Gasteiger partial charge in [0, 0.05) is 56.3 Å². The lowest BCUT2D eigenvalue weighted by Crippen LogP contribution is -2.46. The van der Waals surface area contributed by atoms with Gasteiger partial charge in [-0.05, 0) is 29.8 Å². The molecule has 30 heavy (non-hydrogen) atoms. The summed E-state index contributed by atoms with van der Waals surface area (Å²) in [6.45, 7) is 3.93. The maximum Gasteiger partial charge on any atom is 0.253 e. The molecule has 1 amide bonds. The van der Waals surface area contributed by atoms with E-state index >= 15 is 0 Å². The molecule has 0 atom stereocenters. The van der Waals surface area contributed by atoms with Gasteiger partial charge in [-0.25, -0.2) is 4.98 Å². The van der Waals surface area contributed by atoms with Crippen LogP contribution >= 0.6 is 34.5 Å². The number of benzene rings is 2. The third kappa shape index (κ3) is 4.78. The Hall–Kier alpha value is -2.12. The third-order valence-corrected chi connectivity index (χ3v) is 6.75. The largest absolute Gasteiger partial charge is 0.347 e. The summed E-state index contributed by atoms with van der Waals surface area (Å²) in [5.74, 6) is 0.0996. The van der Waals surface area contributed by atoms with Gasteiger partial charge in [0.25, 0.3) is 5.91 Å². The molecule has 4 rings (SSSR count). The first-order valence-electron chi connectivity index (χ1n) is 9.72. The fraction of sp³-hybridized carbons (Fsp3) is 0.273. The van der Waals surface area contributed by atoms with Crippen molar-refractivity contribution in [3.63, 3.8) is 0 Å². The van der Waals surface area contributed by atoms with Crippen molar-refractivity contribution in [3.8, 4) is 11.3 Å². The van der Waals surface area contributed by atoms with Crippen LogP contribution in [0.4, 0.5) is 5.13 Å². The molecule has 0 radical (unpaired) electrons. The second-order valence-electron chi connectivity index (χ2n) is 7.24. The molecular weight excluding hydrogens is 439 g/mol. The van der Waals surface area contributed by atoms with Gasteiger partial charge in [0.1, 0.15) is 0 Å². The van der Waals surface area contributed by atoms with Crippen LogP contribution in [0.1, 0.15) is 15.9 Å². The summed E-state index contributed by atoms with van der Waals surface area (Å²) in [5, 5.41) is 7.25. The van der Waals surface area contributed by atoms with Crippen molar-refractivity contribution in [2.45, 2.75) is 6.54 Å².